The summed E-state index contributed by atoms with van der Waals surface area (Å²) in [7, 11) is 0. The molecular weight excluding hydrogens is 290 g/mol. The summed E-state index contributed by atoms with van der Waals surface area (Å²) in [5, 5.41) is 13.3. The molecule has 23 heavy (non-hydrogen) atoms. The zero-order valence-corrected chi connectivity index (χ0v) is 13.5. The van der Waals surface area contributed by atoms with Crippen LogP contribution in [-0.2, 0) is 21.4 Å². The van der Waals surface area contributed by atoms with Gasteiger partial charge in [0.15, 0.2) is 0 Å². The summed E-state index contributed by atoms with van der Waals surface area (Å²) in [4.78, 5) is 12.5. The number of nitrogens with one attached hydrogen (secondary N) is 1. The van der Waals surface area contributed by atoms with Crippen molar-refractivity contribution in [2.45, 2.75) is 43.6 Å². The molecule has 0 bridgehead atoms. The van der Waals surface area contributed by atoms with Gasteiger partial charge in [-0.3, -0.25) is 4.79 Å². The van der Waals surface area contributed by atoms with Gasteiger partial charge in [0.1, 0.15) is 0 Å². The summed E-state index contributed by atoms with van der Waals surface area (Å²) in [6.07, 6.45) is 4.46. The minimum atomic E-state index is -0.451. The average molecular weight is 315 g/mol. The SMILES string of the molecule is O=C(NC[C@H](O)C1CCOCC1)[C@@H]1C[C@@]12CCc1ccccc12. The normalized spacial score (nSPS) is 30.9. The molecule has 1 heterocycles. The van der Waals surface area contributed by atoms with Crippen molar-refractivity contribution in [1.29, 1.82) is 0 Å². The summed E-state index contributed by atoms with van der Waals surface area (Å²) >= 11 is 0. The number of aryl methyl sites for hydroxylation is 1. The molecule has 2 aliphatic carbocycles. The number of benzene rings is 1. The fourth-order valence-electron chi connectivity index (χ4n) is 4.53. The predicted octanol–water partition coefficient (Wildman–Crippen LogP) is 1.79. The molecule has 3 aliphatic rings. The molecular formula is C19H25NO3. The second kappa shape index (κ2) is 5.91. The van der Waals surface area contributed by atoms with Crippen molar-refractivity contribution in [1.82, 2.24) is 5.32 Å². The van der Waals surface area contributed by atoms with E-state index in [1.54, 1.807) is 0 Å². The third-order valence-electron chi connectivity index (χ3n) is 6.08. The van der Waals surface area contributed by atoms with E-state index in [0.29, 0.717) is 6.54 Å². The van der Waals surface area contributed by atoms with E-state index in [4.69, 9.17) is 4.74 Å². The number of aliphatic hydroxyl groups is 1. The van der Waals surface area contributed by atoms with Crippen molar-refractivity contribution in [2.24, 2.45) is 11.8 Å². The first-order valence-electron chi connectivity index (χ1n) is 8.82. The summed E-state index contributed by atoms with van der Waals surface area (Å²) in [6.45, 7) is 1.81. The van der Waals surface area contributed by atoms with Crippen LogP contribution in [0.4, 0.5) is 0 Å². The van der Waals surface area contributed by atoms with Crippen LogP contribution in [0.1, 0.15) is 36.8 Å². The Kier molecular flexibility index (Phi) is 3.90. The maximum Gasteiger partial charge on any atom is 0.224 e. The third kappa shape index (κ3) is 2.68. The van der Waals surface area contributed by atoms with Gasteiger partial charge in [-0.05, 0) is 49.1 Å². The van der Waals surface area contributed by atoms with Crippen LogP contribution in [-0.4, -0.2) is 36.9 Å². The van der Waals surface area contributed by atoms with Crippen molar-refractivity contribution in [3.8, 4) is 0 Å². The van der Waals surface area contributed by atoms with E-state index in [2.05, 4.69) is 29.6 Å². The molecule has 3 atom stereocenters. The Labute approximate surface area is 137 Å². The number of rotatable bonds is 4. The Hall–Kier alpha value is -1.39. The molecule has 1 spiro atoms. The van der Waals surface area contributed by atoms with Gasteiger partial charge in [-0.15, -0.1) is 0 Å². The van der Waals surface area contributed by atoms with E-state index >= 15 is 0 Å². The van der Waals surface area contributed by atoms with Crippen molar-refractivity contribution < 1.29 is 14.6 Å². The van der Waals surface area contributed by atoms with Gasteiger partial charge in [0.05, 0.1) is 6.10 Å². The molecule has 1 aliphatic heterocycles. The summed E-state index contributed by atoms with van der Waals surface area (Å²) in [5.41, 5.74) is 2.87. The molecule has 1 aromatic carbocycles. The van der Waals surface area contributed by atoms with Crippen LogP contribution in [0.2, 0.25) is 0 Å². The molecule has 1 saturated heterocycles. The van der Waals surface area contributed by atoms with Crippen LogP contribution < -0.4 is 5.32 Å². The molecule has 124 valence electrons. The van der Waals surface area contributed by atoms with Gasteiger partial charge in [0.25, 0.3) is 0 Å². The predicted molar refractivity (Wildman–Crippen MR) is 87.1 cm³/mol. The van der Waals surface area contributed by atoms with E-state index in [9.17, 15) is 9.90 Å². The molecule has 1 amide bonds. The molecule has 1 saturated carbocycles. The van der Waals surface area contributed by atoms with Crippen molar-refractivity contribution in [3.63, 3.8) is 0 Å². The Balaban J connectivity index is 1.33. The number of ether oxygens (including phenoxy) is 1. The standard InChI is InChI=1S/C19H25NO3/c21-17(14-6-9-23-10-7-14)12-20-18(22)16-11-19(16)8-5-13-3-1-2-4-15(13)19/h1-4,14,16-17,21H,5-12H2,(H,20,22)/t16-,17-,19+/m0/s1. The topological polar surface area (TPSA) is 58.6 Å². The number of amides is 1. The second-order valence-electron chi connectivity index (χ2n) is 7.33. The quantitative estimate of drug-likeness (QED) is 0.891. The molecule has 2 N–H and O–H groups in total. The highest BCUT2D eigenvalue weighted by molar-refractivity contribution is 5.85. The summed E-state index contributed by atoms with van der Waals surface area (Å²) in [5.74, 6) is 0.463. The fourth-order valence-corrected chi connectivity index (χ4v) is 4.53. The van der Waals surface area contributed by atoms with Crippen molar-refractivity contribution in [3.05, 3.63) is 35.4 Å². The van der Waals surface area contributed by atoms with Crippen molar-refractivity contribution in [2.75, 3.05) is 19.8 Å². The highest BCUT2D eigenvalue weighted by Gasteiger charge is 2.61. The van der Waals surface area contributed by atoms with E-state index in [1.807, 2.05) is 0 Å². The van der Waals surface area contributed by atoms with Crippen LogP contribution in [0, 0.1) is 11.8 Å². The van der Waals surface area contributed by atoms with Gasteiger partial charge in [0.2, 0.25) is 5.91 Å². The maximum absolute atomic E-state index is 12.5. The first-order valence-corrected chi connectivity index (χ1v) is 8.82. The zero-order chi connectivity index (χ0) is 15.9. The summed E-state index contributed by atoms with van der Waals surface area (Å²) in [6, 6.07) is 8.53. The molecule has 1 aromatic rings. The number of carbonyl (C=O) groups is 1. The van der Waals surface area contributed by atoms with Crippen LogP contribution in [0.25, 0.3) is 0 Å². The van der Waals surface area contributed by atoms with Crippen LogP contribution in [0.5, 0.6) is 0 Å². The number of hydrogen-bond donors (Lipinski definition) is 2. The highest BCUT2D eigenvalue weighted by Crippen LogP contribution is 2.61. The van der Waals surface area contributed by atoms with E-state index in [-0.39, 0.29) is 23.2 Å². The van der Waals surface area contributed by atoms with Gasteiger partial charge < -0.3 is 15.2 Å². The van der Waals surface area contributed by atoms with E-state index < -0.39 is 6.10 Å². The van der Waals surface area contributed by atoms with Crippen LogP contribution in [0.15, 0.2) is 24.3 Å². The molecule has 4 nitrogen and oxygen atoms in total. The number of aliphatic hydroxyl groups excluding tert-OH is 1. The minimum absolute atomic E-state index is 0.0876. The fraction of sp³-hybridized carbons (Fsp3) is 0.632. The first kappa shape index (κ1) is 15.2. The van der Waals surface area contributed by atoms with Crippen LogP contribution in [0.3, 0.4) is 0 Å². The van der Waals surface area contributed by atoms with Crippen LogP contribution >= 0.6 is 0 Å². The van der Waals surface area contributed by atoms with E-state index in [1.165, 1.54) is 11.1 Å². The molecule has 4 rings (SSSR count). The molecule has 0 aromatic heterocycles. The lowest BCUT2D eigenvalue weighted by molar-refractivity contribution is -0.123. The van der Waals surface area contributed by atoms with Gasteiger partial charge >= 0.3 is 0 Å². The smallest absolute Gasteiger partial charge is 0.224 e. The highest BCUT2D eigenvalue weighted by atomic mass is 16.5. The van der Waals surface area contributed by atoms with Gasteiger partial charge in [-0.25, -0.2) is 0 Å². The van der Waals surface area contributed by atoms with Gasteiger partial charge in [0, 0.05) is 31.1 Å². The molecule has 0 radical (unpaired) electrons. The Morgan fingerprint density at radius 1 is 1.35 bits per heavy atom. The Morgan fingerprint density at radius 2 is 2.13 bits per heavy atom. The lowest BCUT2D eigenvalue weighted by atomic mass is 9.93. The second-order valence-corrected chi connectivity index (χ2v) is 7.33. The molecule has 2 fully saturated rings. The Morgan fingerprint density at radius 3 is 2.96 bits per heavy atom. The van der Waals surface area contributed by atoms with E-state index in [0.717, 1.165) is 45.3 Å². The third-order valence-corrected chi connectivity index (χ3v) is 6.08. The average Bonchev–Trinajstić information content (AvgIpc) is 3.22. The number of carbonyl (C=O) groups excluding carboxylic acids is 1. The lowest BCUT2D eigenvalue weighted by Crippen LogP contribution is -2.39. The monoisotopic (exact) mass is 315 g/mol. The molecule has 4 heteroatoms. The minimum Gasteiger partial charge on any atom is -0.391 e. The largest absolute Gasteiger partial charge is 0.391 e. The van der Waals surface area contributed by atoms with Crippen molar-refractivity contribution >= 4 is 5.91 Å². The lowest BCUT2D eigenvalue weighted by Gasteiger charge is -2.26. The van der Waals surface area contributed by atoms with Gasteiger partial charge in [-0.1, -0.05) is 24.3 Å². The maximum atomic E-state index is 12.5. The molecule has 0 unspecified atom stereocenters. The van der Waals surface area contributed by atoms with Gasteiger partial charge in [-0.2, -0.15) is 0 Å². The first-order chi connectivity index (χ1) is 11.2. The number of fused-ring (bicyclic) bond motifs is 2. The summed E-state index contributed by atoms with van der Waals surface area (Å²) < 4.78 is 5.32. The Bertz CT molecular complexity index is 596. The number of hydrogen-bond acceptors (Lipinski definition) is 3. The zero-order valence-electron chi connectivity index (χ0n) is 13.5.